The first-order valence-corrected chi connectivity index (χ1v) is 10.2. The zero-order chi connectivity index (χ0) is 24.2. The highest BCUT2D eigenvalue weighted by atomic mass is 19.4. The van der Waals surface area contributed by atoms with Crippen LogP contribution in [0.2, 0.25) is 0 Å². The molecule has 3 rings (SSSR count). The molecule has 0 saturated carbocycles. The number of hydrogen-bond acceptors (Lipinski definition) is 3. The van der Waals surface area contributed by atoms with Crippen LogP contribution < -0.4 is 0 Å². The van der Waals surface area contributed by atoms with Gasteiger partial charge in [0.05, 0.1) is 37.0 Å². The maximum Gasteiger partial charge on any atom is 0.416 e. The predicted octanol–water partition coefficient (Wildman–Crippen LogP) is 6.01. The zero-order valence-electron chi connectivity index (χ0n) is 17.4. The molecule has 2 atom stereocenters. The summed E-state index contributed by atoms with van der Waals surface area (Å²) in [5.74, 6) is -0.614. The van der Waals surface area contributed by atoms with Crippen LogP contribution in [0.5, 0.6) is 0 Å². The SMILES string of the molecule is N#CCN1CC[C@H](c2ccc(F)cc2)[C@@H](COCc2cc(C(F)(F)F)cc(C(F)(F)F)c2)C1. The lowest BCUT2D eigenvalue weighted by atomic mass is 9.81. The Morgan fingerprint density at radius 2 is 1.58 bits per heavy atom. The number of halogens is 7. The van der Waals surface area contributed by atoms with Gasteiger partial charge < -0.3 is 4.74 Å². The molecule has 0 aromatic heterocycles. The van der Waals surface area contributed by atoms with E-state index in [1.54, 1.807) is 12.1 Å². The molecule has 1 aliphatic rings. The summed E-state index contributed by atoms with van der Waals surface area (Å²) < 4.78 is 97.3. The van der Waals surface area contributed by atoms with Gasteiger partial charge in [0.25, 0.3) is 0 Å². The van der Waals surface area contributed by atoms with Gasteiger partial charge in [-0.3, -0.25) is 4.90 Å². The largest absolute Gasteiger partial charge is 0.416 e. The highest BCUT2D eigenvalue weighted by molar-refractivity contribution is 5.33. The van der Waals surface area contributed by atoms with Crippen molar-refractivity contribution in [2.45, 2.75) is 31.3 Å². The second kappa shape index (κ2) is 10.1. The Bertz CT molecular complexity index is 948. The second-order valence-corrected chi connectivity index (χ2v) is 8.03. The third-order valence-corrected chi connectivity index (χ3v) is 5.66. The predicted molar refractivity (Wildman–Crippen MR) is 105 cm³/mol. The van der Waals surface area contributed by atoms with Gasteiger partial charge in [0, 0.05) is 12.5 Å². The van der Waals surface area contributed by atoms with Crippen LogP contribution >= 0.6 is 0 Å². The minimum atomic E-state index is -4.93. The number of nitriles is 1. The van der Waals surface area contributed by atoms with Gasteiger partial charge in [-0.25, -0.2) is 4.39 Å². The number of rotatable bonds is 6. The maximum absolute atomic E-state index is 13.3. The van der Waals surface area contributed by atoms with Crippen LogP contribution in [-0.2, 0) is 23.7 Å². The monoisotopic (exact) mass is 474 g/mol. The minimum Gasteiger partial charge on any atom is -0.376 e. The van der Waals surface area contributed by atoms with Crippen molar-refractivity contribution in [2.75, 3.05) is 26.2 Å². The summed E-state index contributed by atoms with van der Waals surface area (Å²) in [5.41, 5.74) is -2.16. The molecule has 3 nitrogen and oxygen atoms in total. The molecule has 1 saturated heterocycles. The smallest absolute Gasteiger partial charge is 0.376 e. The van der Waals surface area contributed by atoms with E-state index in [0.717, 1.165) is 5.56 Å². The Morgan fingerprint density at radius 3 is 2.12 bits per heavy atom. The standard InChI is InChI=1S/C23H21F7N2O/c24-20-3-1-16(2-4-20)21-5-7-32(8-6-31)12-17(21)14-33-13-15-9-18(22(25,26)27)11-19(10-15)23(28,29)30/h1-4,9-11,17,21H,5,7-8,12-14H2/t17-,21-/m1/s1. The van der Waals surface area contributed by atoms with E-state index in [-0.39, 0.29) is 36.6 Å². The molecule has 0 spiro atoms. The molecular formula is C23H21F7N2O. The number of nitrogens with zero attached hydrogens (tertiary/aromatic N) is 2. The summed E-state index contributed by atoms with van der Waals surface area (Å²) >= 11 is 0. The summed E-state index contributed by atoms with van der Waals surface area (Å²) in [6.07, 6.45) is -9.20. The molecule has 178 valence electrons. The number of piperidine rings is 1. The number of alkyl halides is 6. The highest BCUT2D eigenvalue weighted by Crippen LogP contribution is 2.37. The summed E-state index contributed by atoms with van der Waals surface area (Å²) in [4.78, 5) is 1.90. The molecule has 1 fully saturated rings. The van der Waals surface area contributed by atoms with E-state index in [2.05, 4.69) is 6.07 Å². The van der Waals surface area contributed by atoms with Crippen LogP contribution in [0.15, 0.2) is 42.5 Å². The van der Waals surface area contributed by atoms with E-state index in [4.69, 9.17) is 10.00 Å². The molecule has 0 bridgehead atoms. The van der Waals surface area contributed by atoms with Gasteiger partial charge in [0.1, 0.15) is 5.82 Å². The molecule has 0 radical (unpaired) electrons. The Kier molecular flexibility index (Phi) is 7.65. The van der Waals surface area contributed by atoms with Crippen molar-refractivity contribution in [3.8, 4) is 6.07 Å². The van der Waals surface area contributed by atoms with Gasteiger partial charge in [-0.05, 0) is 60.3 Å². The lowest BCUT2D eigenvalue weighted by Crippen LogP contribution is -2.41. The van der Waals surface area contributed by atoms with E-state index < -0.39 is 35.9 Å². The summed E-state index contributed by atoms with van der Waals surface area (Å²) in [5, 5.41) is 8.98. The van der Waals surface area contributed by atoms with Crippen LogP contribution in [0.25, 0.3) is 0 Å². The van der Waals surface area contributed by atoms with Gasteiger partial charge in [-0.15, -0.1) is 0 Å². The van der Waals surface area contributed by atoms with E-state index in [1.165, 1.54) is 12.1 Å². The van der Waals surface area contributed by atoms with Crippen LogP contribution in [-0.4, -0.2) is 31.1 Å². The van der Waals surface area contributed by atoms with Crippen LogP contribution in [0.3, 0.4) is 0 Å². The molecule has 0 aliphatic carbocycles. The summed E-state index contributed by atoms with van der Waals surface area (Å²) in [6, 6.07) is 9.40. The van der Waals surface area contributed by atoms with Gasteiger partial charge in [0.15, 0.2) is 0 Å². The molecule has 1 aliphatic heterocycles. The number of hydrogen-bond donors (Lipinski definition) is 0. The van der Waals surface area contributed by atoms with Crippen LogP contribution in [0.1, 0.15) is 34.6 Å². The maximum atomic E-state index is 13.3. The second-order valence-electron chi connectivity index (χ2n) is 8.03. The third kappa shape index (κ3) is 6.68. The zero-order valence-corrected chi connectivity index (χ0v) is 17.4. The fraction of sp³-hybridized carbons (Fsp3) is 0.435. The Balaban J connectivity index is 1.75. The number of benzene rings is 2. The molecule has 1 heterocycles. The number of ether oxygens (including phenoxy) is 1. The van der Waals surface area contributed by atoms with Crippen molar-refractivity contribution >= 4 is 0 Å². The molecule has 33 heavy (non-hydrogen) atoms. The van der Waals surface area contributed by atoms with E-state index in [1.807, 2.05) is 4.90 Å². The van der Waals surface area contributed by atoms with Crippen molar-refractivity contribution in [2.24, 2.45) is 5.92 Å². The topological polar surface area (TPSA) is 36.3 Å². The van der Waals surface area contributed by atoms with Gasteiger partial charge in [-0.1, -0.05) is 12.1 Å². The van der Waals surface area contributed by atoms with Crippen molar-refractivity contribution < 1.29 is 35.5 Å². The summed E-state index contributed by atoms with van der Waals surface area (Å²) in [6.45, 7) is 0.912. The average Bonchev–Trinajstić information content (AvgIpc) is 2.73. The third-order valence-electron chi connectivity index (χ3n) is 5.66. The van der Waals surface area contributed by atoms with Gasteiger partial charge in [-0.2, -0.15) is 31.6 Å². The lowest BCUT2D eigenvalue weighted by Gasteiger charge is -2.37. The van der Waals surface area contributed by atoms with E-state index in [9.17, 15) is 30.7 Å². The normalized spacial score (nSPS) is 19.9. The fourth-order valence-corrected chi connectivity index (χ4v) is 4.10. The van der Waals surface area contributed by atoms with Crippen molar-refractivity contribution in [3.63, 3.8) is 0 Å². The number of likely N-dealkylation sites (tertiary alicyclic amines) is 1. The van der Waals surface area contributed by atoms with Crippen LogP contribution in [0.4, 0.5) is 30.7 Å². The molecule has 2 aromatic carbocycles. The van der Waals surface area contributed by atoms with E-state index >= 15 is 0 Å². The molecular weight excluding hydrogens is 453 g/mol. The van der Waals surface area contributed by atoms with Crippen molar-refractivity contribution in [3.05, 3.63) is 70.5 Å². The fourth-order valence-electron chi connectivity index (χ4n) is 4.10. The van der Waals surface area contributed by atoms with Crippen LogP contribution in [0, 0.1) is 23.1 Å². The van der Waals surface area contributed by atoms with Crippen molar-refractivity contribution in [1.82, 2.24) is 4.90 Å². The highest BCUT2D eigenvalue weighted by Gasteiger charge is 2.37. The molecule has 2 aromatic rings. The summed E-state index contributed by atoms with van der Waals surface area (Å²) in [7, 11) is 0. The first-order chi connectivity index (χ1) is 15.5. The molecule has 0 amide bonds. The van der Waals surface area contributed by atoms with Crippen molar-refractivity contribution in [1.29, 1.82) is 5.26 Å². The Labute approximate surface area is 186 Å². The Hall–Kier alpha value is -2.64. The first kappa shape index (κ1) is 25.0. The molecule has 0 N–H and O–H groups in total. The molecule has 10 heteroatoms. The quantitative estimate of drug-likeness (QED) is 0.380. The minimum absolute atomic E-state index is 0.0483. The molecule has 0 unspecified atom stereocenters. The lowest BCUT2D eigenvalue weighted by molar-refractivity contribution is -0.143. The van der Waals surface area contributed by atoms with E-state index in [0.29, 0.717) is 31.6 Å². The van der Waals surface area contributed by atoms with Gasteiger partial charge in [0.2, 0.25) is 0 Å². The Morgan fingerprint density at radius 1 is 0.970 bits per heavy atom. The van der Waals surface area contributed by atoms with Gasteiger partial charge >= 0.3 is 12.4 Å². The average molecular weight is 474 g/mol. The first-order valence-electron chi connectivity index (χ1n) is 10.2.